The monoisotopic (exact) mass is 431 g/mol. The number of amides is 1. The Balaban J connectivity index is 1.99. The van der Waals surface area contributed by atoms with Gasteiger partial charge in [0.2, 0.25) is 17.3 Å². The molecule has 166 valence electrons. The van der Waals surface area contributed by atoms with Crippen LogP contribution >= 0.6 is 0 Å². The molecule has 3 rings (SSSR count). The van der Waals surface area contributed by atoms with Gasteiger partial charge in [-0.15, -0.1) is 0 Å². The van der Waals surface area contributed by atoms with Crippen molar-refractivity contribution in [2.45, 2.75) is 49.9 Å². The van der Waals surface area contributed by atoms with Crippen LogP contribution in [-0.2, 0) is 19.1 Å². The first-order chi connectivity index (χ1) is 14.7. The van der Waals surface area contributed by atoms with E-state index >= 15 is 0 Å². The number of methoxy groups -OCH3 is 1. The summed E-state index contributed by atoms with van der Waals surface area (Å²) in [6, 6.07) is 7.82. The molecule has 2 aliphatic heterocycles. The number of Topliss-reactive ketones (excluding diaryl/α,β-unsaturated/α-hetero) is 2. The van der Waals surface area contributed by atoms with Crippen LogP contribution in [0.1, 0.15) is 30.6 Å². The quantitative estimate of drug-likeness (QED) is 0.269. The Morgan fingerprint density at radius 2 is 1.94 bits per heavy atom. The normalized spacial score (nSPS) is 30.1. The van der Waals surface area contributed by atoms with Gasteiger partial charge >= 0.3 is 0 Å². The van der Waals surface area contributed by atoms with Gasteiger partial charge in [0.25, 0.3) is 11.5 Å². The number of ketones is 2. The molecule has 5 atom stereocenters. The third-order valence-electron chi connectivity index (χ3n) is 5.58. The van der Waals surface area contributed by atoms with Crippen LogP contribution in [0.2, 0.25) is 0 Å². The fraction of sp³-hybridized carbons (Fsp3) is 0.409. The minimum atomic E-state index is -2.53. The summed E-state index contributed by atoms with van der Waals surface area (Å²) in [4.78, 5) is 39.2. The molecule has 9 heteroatoms. The zero-order valence-electron chi connectivity index (χ0n) is 17.4. The van der Waals surface area contributed by atoms with Crippen molar-refractivity contribution in [2.24, 2.45) is 0 Å². The highest BCUT2D eigenvalue weighted by atomic mass is 16.6. The second-order valence-electron chi connectivity index (χ2n) is 7.42. The zero-order chi connectivity index (χ0) is 23.0. The van der Waals surface area contributed by atoms with Crippen LogP contribution < -0.4 is 5.32 Å². The van der Waals surface area contributed by atoms with Crippen LogP contribution in [0.15, 0.2) is 53.8 Å². The number of benzene rings is 1. The van der Waals surface area contributed by atoms with E-state index in [1.807, 2.05) is 6.92 Å². The molecule has 1 aromatic rings. The van der Waals surface area contributed by atoms with Gasteiger partial charge in [0.15, 0.2) is 6.10 Å². The van der Waals surface area contributed by atoms with E-state index in [-0.39, 0.29) is 16.9 Å². The molecule has 2 aliphatic rings. The number of ether oxygens (including phenoxy) is 2. The Labute approximate surface area is 179 Å². The van der Waals surface area contributed by atoms with Gasteiger partial charge in [-0.1, -0.05) is 49.4 Å². The number of hydrogen-bond acceptors (Lipinski definition) is 8. The number of allylic oxidation sites excluding steroid dienone is 1. The maximum atomic E-state index is 13.1. The van der Waals surface area contributed by atoms with Crippen LogP contribution in [0.25, 0.3) is 0 Å². The van der Waals surface area contributed by atoms with Crippen molar-refractivity contribution in [3.63, 3.8) is 0 Å². The lowest BCUT2D eigenvalue weighted by atomic mass is 9.85. The minimum absolute atomic E-state index is 0.135. The Bertz CT molecular complexity index is 956. The highest BCUT2D eigenvalue weighted by molar-refractivity contribution is 6.23. The van der Waals surface area contributed by atoms with E-state index in [1.54, 1.807) is 24.3 Å². The van der Waals surface area contributed by atoms with E-state index in [0.29, 0.717) is 6.42 Å². The summed E-state index contributed by atoms with van der Waals surface area (Å²) < 4.78 is 10.8. The maximum absolute atomic E-state index is 13.1. The molecule has 4 N–H and O–H groups in total. The van der Waals surface area contributed by atoms with Gasteiger partial charge in [-0.05, 0) is 13.3 Å². The molecule has 0 aromatic heterocycles. The Morgan fingerprint density at radius 3 is 2.52 bits per heavy atom. The van der Waals surface area contributed by atoms with Gasteiger partial charge in [0.05, 0.1) is 0 Å². The molecule has 31 heavy (non-hydrogen) atoms. The summed E-state index contributed by atoms with van der Waals surface area (Å²) in [5.41, 5.74) is -4.83. The fourth-order valence-electron chi connectivity index (χ4n) is 3.81. The van der Waals surface area contributed by atoms with Crippen LogP contribution in [0.3, 0.4) is 0 Å². The SMILES string of the molecule is CC/C=C\[C@H](O)[C@H](O)C1=C(C)C(=O)[C@]2(O1)C(=O)N[C@@](OC)(C(=O)c1ccccc1)[C@H]2O. The van der Waals surface area contributed by atoms with Crippen molar-refractivity contribution in [3.05, 3.63) is 59.4 Å². The standard InChI is InChI=1S/C22H25NO8/c1-4-5-11-14(24)15(25)16-12(2)17(26)21(31-16)19(28)22(30-3,23-20(21)29)18(27)13-9-7-6-8-10-13/h5-11,14-15,19,24-25,28H,4H2,1-3H3,(H,23,29)/b11-5-/t14-,15-,19-,21+,22+/m0/s1. The third-order valence-corrected chi connectivity index (χ3v) is 5.58. The number of nitrogens with one attached hydrogen (secondary N) is 1. The van der Waals surface area contributed by atoms with E-state index < -0.39 is 47.1 Å². The van der Waals surface area contributed by atoms with Crippen molar-refractivity contribution < 1.29 is 39.2 Å². The molecule has 1 saturated heterocycles. The highest BCUT2D eigenvalue weighted by Crippen LogP contribution is 2.44. The molecule has 1 spiro atoms. The molecule has 0 unspecified atom stereocenters. The first-order valence-electron chi connectivity index (χ1n) is 9.80. The first-order valence-corrected chi connectivity index (χ1v) is 9.80. The van der Waals surface area contributed by atoms with Crippen molar-refractivity contribution in [2.75, 3.05) is 7.11 Å². The molecule has 0 aliphatic carbocycles. The van der Waals surface area contributed by atoms with E-state index in [9.17, 15) is 29.7 Å². The van der Waals surface area contributed by atoms with E-state index in [0.717, 1.165) is 7.11 Å². The van der Waals surface area contributed by atoms with Gasteiger partial charge in [-0.2, -0.15) is 0 Å². The number of aliphatic hydroxyl groups is 3. The number of aliphatic hydroxyl groups excluding tert-OH is 3. The van der Waals surface area contributed by atoms with Crippen LogP contribution in [0.5, 0.6) is 0 Å². The Morgan fingerprint density at radius 1 is 1.29 bits per heavy atom. The van der Waals surface area contributed by atoms with E-state index in [1.165, 1.54) is 25.1 Å². The number of carbonyl (C=O) groups excluding carboxylic acids is 3. The Hall–Kier alpha value is -2.85. The van der Waals surface area contributed by atoms with Gasteiger partial charge in [0, 0.05) is 18.2 Å². The largest absolute Gasteiger partial charge is 0.467 e. The summed E-state index contributed by atoms with van der Waals surface area (Å²) >= 11 is 0. The molecule has 1 fully saturated rings. The van der Waals surface area contributed by atoms with Crippen LogP contribution in [0.4, 0.5) is 0 Å². The molecule has 0 bridgehead atoms. The van der Waals surface area contributed by atoms with Crippen molar-refractivity contribution in [3.8, 4) is 0 Å². The zero-order valence-corrected chi connectivity index (χ0v) is 17.4. The second-order valence-corrected chi connectivity index (χ2v) is 7.42. The summed E-state index contributed by atoms with van der Waals surface area (Å²) in [6.45, 7) is 3.13. The molecule has 2 heterocycles. The van der Waals surface area contributed by atoms with Gasteiger partial charge in [0.1, 0.15) is 18.0 Å². The predicted molar refractivity (Wildman–Crippen MR) is 108 cm³/mol. The number of hydrogen-bond donors (Lipinski definition) is 4. The summed E-state index contributed by atoms with van der Waals surface area (Å²) in [7, 11) is 1.11. The van der Waals surface area contributed by atoms with Gasteiger partial charge < -0.3 is 30.1 Å². The van der Waals surface area contributed by atoms with Crippen molar-refractivity contribution in [1.29, 1.82) is 0 Å². The lowest BCUT2D eigenvalue weighted by Crippen LogP contribution is -2.60. The molecular formula is C22H25NO8. The topological polar surface area (TPSA) is 142 Å². The highest BCUT2D eigenvalue weighted by Gasteiger charge is 2.74. The fourth-order valence-corrected chi connectivity index (χ4v) is 3.81. The summed E-state index contributed by atoms with van der Waals surface area (Å²) in [6.07, 6.45) is -1.60. The van der Waals surface area contributed by atoms with Crippen molar-refractivity contribution >= 4 is 17.5 Å². The summed E-state index contributed by atoms with van der Waals surface area (Å²) in [5.74, 6) is -3.15. The number of rotatable bonds is 7. The summed E-state index contributed by atoms with van der Waals surface area (Å²) in [5, 5.41) is 34.0. The molecule has 1 amide bonds. The number of carbonyl (C=O) groups is 3. The lowest BCUT2D eigenvalue weighted by molar-refractivity contribution is -0.163. The van der Waals surface area contributed by atoms with Gasteiger partial charge in [-0.3, -0.25) is 14.4 Å². The van der Waals surface area contributed by atoms with Crippen LogP contribution in [0, 0.1) is 0 Å². The molecule has 9 nitrogen and oxygen atoms in total. The van der Waals surface area contributed by atoms with Crippen molar-refractivity contribution in [1.82, 2.24) is 5.32 Å². The van der Waals surface area contributed by atoms with Crippen LogP contribution in [-0.4, -0.2) is 69.5 Å². The predicted octanol–water partition coefficient (Wildman–Crippen LogP) is 0.00280. The molecule has 0 saturated carbocycles. The average molecular weight is 431 g/mol. The van der Waals surface area contributed by atoms with E-state index in [4.69, 9.17) is 9.47 Å². The smallest absolute Gasteiger partial charge is 0.278 e. The Kier molecular flexibility index (Phi) is 6.15. The maximum Gasteiger partial charge on any atom is 0.278 e. The molecular weight excluding hydrogens is 406 g/mol. The third kappa shape index (κ3) is 3.30. The lowest BCUT2D eigenvalue weighted by Gasteiger charge is -2.32. The minimum Gasteiger partial charge on any atom is -0.467 e. The first kappa shape index (κ1) is 22.8. The second kappa shape index (κ2) is 8.35. The van der Waals surface area contributed by atoms with Gasteiger partial charge in [-0.25, -0.2) is 0 Å². The molecule has 0 radical (unpaired) electrons. The molecule has 1 aromatic carbocycles. The average Bonchev–Trinajstić information content (AvgIpc) is 3.18. The van der Waals surface area contributed by atoms with E-state index in [2.05, 4.69) is 5.32 Å².